The van der Waals surface area contributed by atoms with E-state index >= 15 is 0 Å². The van der Waals surface area contributed by atoms with Crippen LogP contribution in [0.15, 0.2) is 29.4 Å². The molecule has 0 bridgehead atoms. The fraction of sp³-hybridized carbons (Fsp3) is 0.273. The maximum atomic E-state index is 12.8. The molecule has 0 saturated carbocycles. The Hall–Kier alpha value is -2.25. The quantitative estimate of drug-likeness (QED) is 0.523. The largest absolute Gasteiger partial charge is 0.497 e. The minimum absolute atomic E-state index is 0.239. The van der Waals surface area contributed by atoms with Crippen LogP contribution >= 0.6 is 0 Å². The molecule has 0 aliphatic carbocycles. The first-order valence-electron chi connectivity index (χ1n) is 5.07. The molecule has 0 atom stereocenters. The highest BCUT2D eigenvalue weighted by Crippen LogP contribution is 2.24. The van der Waals surface area contributed by atoms with Gasteiger partial charge in [0.15, 0.2) is 5.71 Å². The molecule has 0 heterocycles. The standard InChI is InChI=1S/C11H11F3N2O3/c1-15-10(17)19-16-9(11(12,13)14)7-3-5-8(18-2)6-4-7/h3-6H,1-2H3,(H,15,17)/b16-9-. The molecule has 1 rings (SSSR count). The molecule has 1 amide bonds. The number of benzene rings is 1. The highest BCUT2D eigenvalue weighted by Gasteiger charge is 2.38. The zero-order valence-corrected chi connectivity index (χ0v) is 10.1. The Morgan fingerprint density at radius 3 is 2.26 bits per heavy atom. The van der Waals surface area contributed by atoms with Crippen molar-refractivity contribution in [1.29, 1.82) is 0 Å². The van der Waals surface area contributed by atoms with Gasteiger partial charge < -0.3 is 10.1 Å². The van der Waals surface area contributed by atoms with E-state index < -0.39 is 18.0 Å². The molecule has 0 fully saturated rings. The van der Waals surface area contributed by atoms with Gasteiger partial charge in [-0.1, -0.05) is 5.16 Å². The molecule has 1 aromatic carbocycles. The molecule has 1 aromatic rings. The second-order valence-electron chi connectivity index (χ2n) is 3.29. The lowest BCUT2D eigenvalue weighted by Crippen LogP contribution is -2.26. The summed E-state index contributed by atoms with van der Waals surface area (Å²) in [5, 5.41) is 4.82. The lowest BCUT2D eigenvalue weighted by Gasteiger charge is -2.10. The molecule has 0 radical (unpaired) electrons. The van der Waals surface area contributed by atoms with Crippen LogP contribution in [0.25, 0.3) is 0 Å². The van der Waals surface area contributed by atoms with Crippen LogP contribution in [0.5, 0.6) is 5.75 Å². The monoisotopic (exact) mass is 276 g/mol. The summed E-state index contributed by atoms with van der Waals surface area (Å²) in [6.07, 6.45) is -5.84. The van der Waals surface area contributed by atoms with Gasteiger partial charge in [0, 0.05) is 12.6 Å². The number of amides is 1. The van der Waals surface area contributed by atoms with Gasteiger partial charge >= 0.3 is 12.3 Å². The highest BCUT2D eigenvalue weighted by atomic mass is 19.4. The third kappa shape index (κ3) is 4.16. The number of rotatable bonds is 3. The van der Waals surface area contributed by atoms with E-state index in [1.807, 2.05) is 5.32 Å². The fourth-order valence-corrected chi connectivity index (χ4v) is 1.15. The van der Waals surface area contributed by atoms with Crippen molar-refractivity contribution in [1.82, 2.24) is 5.32 Å². The summed E-state index contributed by atoms with van der Waals surface area (Å²) in [6.45, 7) is 0. The Kier molecular flexibility index (Phi) is 4.74. The minimum atomic E-state index is -4.75. The number of ether oxygens (including phenoxy) is 1. The molecule has 19 heavy (non-hydrogen) atoms. The third-order valence-electron chi connectivity index (χ3n) is 2.06. The number of halogens is 3. The van der Waals surface area contributed by atoms with Crippen molar-refractivity contribution in [3.63, 3.8) is 0 Å². The summed E-state index contributed by atoms with van der Waals surface area (Å²) in [6, 6.07) is 5.02. The number of alkyl halides is 3. The molecule has 0 saturated heterocycles. The normalized spacial score (nSPS) is 11.9. The maximum absolute atomic E-state index is 12.8. The summed E-state index contributed by atoms with van der Waals surface area (Å²) in [7, 11) is 2.60. The van der Waals surface area contributed by atoms with Gasteiger partial charge in [0.05, 0.1) is 7.11 Å². The average molecular weight is 276 g/mol. The molecule has 0 spiro atoms. The first kappa shape index (κ1) is 14.8. The zero-order chi connectivity index (χ0) is 14.5. The van der Waals surface area contributed by atoms with E-state index in [2.05, 4.69) is 9.99 Å². The Bertz CT molecular complexity index is 469. The van der Waals surface area contributed by atoms with Crippen LogP contribution in [-0.4, -0.2) is 32.1 Å². The van der Waals surface area contributed by atoms with Gasteiger partial charge in [0.25, 0.3) is 0 Å². The topological polar surface area (TPSA) is 59.9 Å². The molecule has 8 heteroatoms. The zero-order valence-electron chi connectivity index (χ0n) is 10.1. The van der Waals surface area contributed by atoms with Crippen LogP contribution in [0.1, 0.15) is 5.56 Å². The molecule has 0 unspecified atom stereocenters. The first-order chi connectivity index (χ1) is 8.88. The van der Waals surface area contributed by atoms with Crippen LogP contribution in [-0.2, 0) is 4.84 Å². The van der Waals surface area contributed by atoms with E-state index in [-0.39, 0.29) is 5.56 Å². The van der Waals surface area contributed by atoms with E-state index in [0.717, 1.165) is 0 Å². The van der Waals surface area contributed by atoms with Gasteiger partial charge in [-0.3, -0.25) is 4.84 Å². The van der Waals surface area contributed by atoms with E-state index in [1.54, 1.807) is 0 Å². The maximum Gasteiger partial charge on any atom is 0.437 e. The van der Waals surface area contributed by atoms with Crippen LogP contribution in [0, 0.1) is 0 Å². The SMILES string of the molecule is CNC(=O)O/N=C(/c1ccc(OC)cc1)C(F)(F)F. The van der Waals surface area contributed by atoms with Crippen LogP contribution < -0.4 is 10.1 Å². The van der Waals surface area contributed by atoms with Crippen molar-refractivity contribution in [2.24, 2.45) is 5.16 Å². The van der Waals surface area contributed by atoms with Gasteiger partial charge in [0.1, 0.15) is 5.75 Å². The van der Waals surface area contributed by atoms with E-state index in [9.17, 15) is 18.0 Å². The lowest BCUT2D eigenvalue weighted by atomic mass is 10.1. The predicted octanol–water partition coefficient (Wildman–Crippen LogP) is 2.32. The number of nitrogens with zero attached hydrogens (tertiary/aromatic N) is 1. The van der Waals surface area contributed by atoms with Crippen molar-refractivity contribution in [3.8, 4) is 5.75 Å². The number of nitrogens with one attached hydrogen (secondary N) is 1. The van der Waals surface area contributed by atoms with Gasteiger partial charge in [0.2, 0.25) is 0 Å². The number of hydrogen-bond donors (Lipinski definition) is 1. The summed E-state index contributed by atoms with van der Waals surface area (Å²) in [5.74, 6) is 0.400. The van der Waals surface area contributed by atoms with Crippen molar-refractivity contribution in [3.05, 3.63) is 29.8 Å². The van der Waals surface area contributed by atoms with Gasteiger partial charge in [-0.2, -0.15) is 13.2 Å². The Morgan fingerprint density at radius 1 is 1.26 bits per heavy atom. The summed E-state index contributed by atoms with van der Waals surface area (Å²) < 4.78 is 43.1. The minimum Gasteiger partial charge on any atom is -0.497 e. The van der Waals surface area contributed by atoms with E-state index in [0.29, 0.717) is 5.75 Å². The third-order valence-corrected chi connectivity index (χ3v) is 2.06. The van der Waals surface area contributed by atoms with Gasteiger partial charge in [-0.25, -0.2) is 4.79 Å². The number of hydrogen-bond acceptors (Lipinski definition) is 4. The summed E-state index contributed by atoms with van der Waals surface area (Å²) >= 11 is 0. The Morgan fingerprint density at radius 2 is 1.84 bits per heavy atom. The summed E-state index contributed by atoms with van der Waals surface area (Å²) in [4.78, 5) is 14.8. The van der Waals surface area contributed by atoms with Crippen LogP contribution in [0.4, 0.5) is 18.0 Å². The molecular formula is C11H11F3N2O3. The van der Waals surface area contributed by atoms with Crippen LogP contribution in [0.3, 0.4) is 0 Å². The van der Waals surface area contributed by atoms with E-state index in [1.165, 1.54) is 38.4 Å². The van der Waals surface area contributed by atoms with Crippen molar-refractivity contribution < 1.29 is 27.5 Å². The molecule has 0 aromatic heterocycles. The van der Waals surface area contributed by atoms with Gasteiger partial charge in [-0.05, 0) is 24.3 Å². The second kappa shape index (κ2) is 6.07. The molecular weight excluding hydrogens is 265 g/mol. The average Bonchev–Trinajstić information content (AvgIpc) is 2.37. The highest BCUT2D eigenvalue weighted by molar-refractivity contribution is 6.04. The lowest BCUT2D eigenvalue weighted by molar-refractivity contribution is -0.0602. The molecule has 5 nitrogen and oxygen atoms in total. The molecule has 0 aliphatic rings. The number of methoxy groups -OCH3 is 1. The Labute approximate surface area is 107 Å². The van der Waals surface area contributed by atoms with Crippen molar-refractivity contribution in [2.75, 3.05) is 14.2 Å². The predicted molar refractivity (Wildman–Crippen MR) is 61.1 cm³/mol. The smallest absolute Gasteiger partial charge is 0.437 e. The molecule has 1 N–H and O–H groups in total. The van der Waals surface area contributed by atoms with E-state index in [4.69, 9.17) is 4.74 Å². The molecule has 0 aliphatic heterocycles. The fourth-order valence-electron chi connectivity index (χ4n) is 1.15. The number of oxime groups is 1. The van der Waals surface area contributed by atoms with Crippen molar-refractivity contribution >= 4 is 11.8 Å². The second-order valence-corrected chi connectivity index (χ2v) is 3.29. The van der Waals surface area contributed by atoms with Gasteiger partial charge in [-0.15, -0.1) is 0 Å². The van der Waals surface area contributed by atoms with Crippen LogP contribution in [0.2, 0.25) is 0 Å². The molecule has 104 valence electrons. The Balaban J connectivity index is 3.06. The summed E-state index contributed by atoms with van der Waals surface area (Å²) in [5.41, 5.74) is -1.55. The first-order valence-corrected chi connectivity index (χ1v) is 5.07. The number of carbonyl (C=O) groups excluding carboxylic acids is 1. The number of carbonyl (C=O) groups is 1. The van der Waals surface area contributed by atoms with Crippen molar-refractivity contribution in [2.45, 2.75) is 6.18 Å².